The van der Waals surface area contributed by atoms with Crippen LogP contribution in [-0.4, -0.2) is 18.9 Å². The van der Waals surface area contributed by atoms with E-state index in [0.717, 1.165) is 12.3 Å². The number of nitrogens with one attached hydrogen (secondary N) is 1. The van der Waals surface area contributed by atoms with E-state index in [4.69, 9.17) is 4.74 Å². The summed E-state index contributed by atoms with van der Waals surface area (Å²) in [6.45, 7) is 5.60. The molecule has 0 aromatic heterocycles. The number of thioether (sulfide) groups is 1. The first-order valence-corrected chi connectivity index (χ1v) is 7.20. The molecule has 94 valence electrons. The summed E-state index contributed by atoms with van der Waals surface area (Å²) in [5.74, 6) is 0.958. The van der Waals surface area contributed by atoms with E-state index in [2.05, 4.69) is 37.4 Å². The molecule has 1 aliphatic rings. The SMILES string of the molecule is CCCNC1CC(C)Sc2cc(OC)ccc21. The fourth-order valence-corrected chi connectivity index (χ4v) is 3.52. The summed E-state index contributed by atoms with van der Waals surface area (Å²) < 4.78 is 5.30. The standard InChI is InChI=1S/C14H21NOS/c1-4-7-15-13-8-10(2)17-14-9-11(16-3)5-6-12(13)14/h5-6,9-10,13,15H,4,7-8H2,1-3H3. The molecule has 0 bridgehead atoms. The Balaban J connectivity index is 2.23. The van der Waals surface area contributed by atoms with Gasteiger partial charge in [0.2, 0.25) is 0 Å². The molecule has 1 aromatic rings. The highest BCUT2D eigenvalue weighted by Gasteiger charge is 2.24. The van der Waals surface area contributed by atoms with Crippen LogP contribution in [0, 0.1) is 0 Å². The number of fused-ring (bicyclic) bond motifs is 1. The molecule has 2 nitrogen and oxygen atoms in total. The predicted octanol–water partition coefficient (Wildman–Crippen LogP) is 3.62. The summed E-state index contributed by atoms with van der Waals surface area (Å²) in [6, 6.07) is 6.94. The Morgan fingerprint density at radius 3 is 3.00 bits per heavy atom. The first-order chi connectivity index (χ1) is 8.24. The molecule has 0 amide bonds. The van der Waals surface area contributed by atoms with Crippen molar-refractivity contribution >= 4 is 11.8 Å². The van der Waals surface area contributed by atoms with Crippen molar-refractivity contribution in [2.45, 2.75) is 42.9 Å². The molecule has 2 atom stereocenters. The Hall–Kier alpha value is -0.670. The molecule has 1 aromatic carbocycles. The van der Waals surface area contributed by atoms with Gasteiger partial charge in [-0.15, -0.1) is 11.8 Å². The van der Waals surface area contributed by atoms with Crippen molar-refractivity contribution in [2.75, 3.05) is 13.7 Å². The lowest BCUT2D eigenvalue weighted by molar-refractivity contribution is 0.411. The van der Waals surface area contributed by atoms with Gasteiger partial charge in [0.1, 0.15) is 5.75 Å². The largest absolute Gasteiger partial charge is 0.497 e. The van der Waals surface area contributed by atoms with Crippen molar-refractivity contribution in [3.63, 3.8) is 0 Å². The van der Waals surface area contributed by atoms with Crippen LogP contribution >= 0.6 is 11.8 Å². The molecular weight excluding hydrogens is 230 g/mol. The van der Waals surface area contributed by atoms with Gasteiger partial charge in [-0.2, -0.15) is 0 Å². The zero-order chi connectivity index (χ0) is 12.3. The second-order valence-electron chi connectivity index (χ2n) is 4.57. The quantitative estimate of drug-likeness (QED) is 0.883. The third-order valence-electron chi connectivity index (χ3n) is 3.13. The van der Waals surface area contributed by atoms with Crippen molar-refractivity contribution in [1.29, 1.82) is 0 Å². The van der Waals surface area contributed by atoms with E-state index >= 15 is 0 Å². The van der Waals surface area contributed by atoms with Crippen LogP contribution in [0.3, 0.4) is 0 Å². The van der Waals surface area contributed by atoms with Crippen LogP contribution in [0.5, 0.6) is 5.75 Å². The van der Waals surface area contributed by atoms with E-state index in [9.17, 15) is 0 Å². The second kappa shape index (κ2) is 5.78. The molecule has 0 saturated heterocycles. The first kappa shape index (κ1) is 12.8. The Kier molecular flexibility index (Phi) is 4.35. The Labute approximate surface area is 108 Å². The smallest absolute Gasteiger partial charge is 0.119 e. The maximum atomic E-state index is 5.30. The average molecular weight is 251 g/mol. The zero-order valence-corrected chi connectivity index (χ0v) is 11.6. The van der Waals surface area contributed by atoms with Gasteiger partial charge >= 0.3 is 0 Å². The minimum atomic E-state index is 0.507. The molecule has 2 unspecified atom stereocenters. The molecule has 1 heterocycles. The Bertz CT molecular complexity index is 380. The normalized spacial score (nSPS) is 23.2. The van der Waals surface area contributed by atoms with Crippen LogP contribution in [-0.2, 0) is 0 Å². The predicted molar refractivity (Wildman–Crippen MR) is 74.0 cm³/mol. The van der Waals surface area contributed by atoms with Gasteiger partial charge in [-0.05, 0) is 37.1 Å². The maximum Gasteiger partial charge on any atom is 0.119 e. The molecule has 0 saturated carbocycles. The lowest BCUT2D eigenvalue weighted by Crippen LogP contribution is -2.27. The summed E-state index contributed by atoms with van der Waals surface area (Å²) >= 11 is 1.96. The number of hydrogen-bond acceptors (Lipinski definition) is 3. The summed E-state index contributed by atoms with van der Waals surface area (Å²) in [4.78, 5) is 1.37. The maximum absolute atomic E-state index is 5.30. The van der Waals surface area contributed by atoms with Gasteiger partial charge in [-0.1, -0.05) is 19.9 Å². The molecule has 17 heavy (non-hydrogen) atoms. The van der Waals surface area contributed by atoms with Gasteiger partial charge in [0.25, 0.3) is 0 Å². The van der Waals surface area contributed by atoms with Crippen LogP contribution in [0.1, 0.15) is 38.3 Å². The molecule has 0 spiro atoms. The van der Waals surface area contributed by atoms with Crippen LogP contribution < -0.4 is 10.1 Å². The van der Waals surface area contributed by atoms with Crippen LogP contribution in [0.4, 0.5) is 0 Å². The molecule has 0 fully saturated rings. The zero-order valence-electron chi connectivity index (χ0n) is 10.8. The van der Waals surface area contributed by atoms with Crippen molar-refractivity contribution in [1.82, 2.24) is 5.32 Å². The summed E-state index contributed by atoms with van der Waals surface area (Å²) in [5, 5.41) is 4.31. The number of benzene rings is 1. The van der Waals surface area contributed by atoms with E-state index in [1.165, 1.54) is 23.3 Å². The highest BCUT2D eigenvalue weighted by atomic mass is 32.2. The third kappa shape index (κ3) is 2.96. The first-order valence-electron chi connectivity index (χ1n) is 6.32. The number of hydrogen-bond donors (Lipinski definition) is 1. The van der Waals surface area contributed by atoms with Gasteiger partial charge in [0.05, 0.1) is 7.11 Å². The average Bonchev–Trinajstić information content (AvgIpc) is 2.34. The van der Waals surface area contributed by atoms with Crippen molar-refractivity contribution in [2.24, 2.45) is 0 Å². The number of ether oxygens (including phenoxy) is 1. The van der Waals surface area contributed by atoms with Crippen molar-refractivity contribution in [3.8, 4) is 5.75 Å². The third-order valence-corrected chi connectivity index (χ3v) is 4.33. The lowest BCUT2D eigenvalue weighted by Gasteiger charge is -2.30. The summed E-state index contributed by atoms with van der Waals surface area (Å²) in [5.41, 5.74) is 1.43. The minimum absolute atomic E-state index is 0.507. The van der Waals surface area contributed by atoms with E-state index in [-0.39, 0.29) is 0 Å². The highest BCUT2D eigenvalue weighted by Crippen LogP contribution is 2.42. The molecular formula is C14H21NOS. The lowest BCUT2D eigenvalue weighted by atomic mass is 10.0. The van der Waals surface area contributed by atoms with E-state index in [0.29, 0.717) is 11.3 Å². The second-order valence-corrected chi connectivity index (χ2v) is 6.05. The fraction of sp³-hybridized carbons (Fsp3) is 0.571. The monoisotopic (exact) mass is 251 g/mol. The fourth-order valence-electron chi connectivity index (χ4n) is 2.27. The van der Waals surface area contributed by atoms with Crippen molar-refractivity contribution in [3.05, 3.63) is 23.8 Å². The molecule has 0 radical (unpaired) electrons. The van der Waals surface area contributed by atoms with Gasteiger partial charge in [-0.3, -0.25) is 0 Å². The summed E-state index contributed by atoms with van der Waals surface area (Å²) in [7, 11) is 1.73. The van der Waals surface area contributed by atoms with Gasteiger partial charge in [0, 0.05) is 16.2 Å². The molecule has 3 heteroatoms. The molecule has 1 aliphatic heterocycles. The van der Waals surface area contributed by atoms with Gasteiger partial charge in [-0.25, -0.2) is 0 Å². The van der Waals surface area contributed by atoms with Crippen molar-refractivity contribution < 1.29 is 4.74 Å². The van der Waals surface area contributed by atoms with Gasteiger partial charge in [0.15, 0.2) is 0 Å². The Morgan fingerprint density at radius 1 is 1.47 bits per heavy atom. The van der Waals surface area contributed by atoms with Crippen LogP contribution in [0.2, 0.25) is 0 Å². The molecule has 0 aliphatic carbocycles. The number of methoxy groups -OCH3 is 1. The summed E-state index contributed by atoms with van der Waals surface area (Å²) in [6.07, 6.45) is 2.40. The number of rotatable bonds is 4. The van der Waals surface area contributed by atoms with E-state index < -0.39 is 0 Å². The Morgan fingerprint density at radius 2 is 2.29 bits per heavy atom. The van der Waals surface area contributed by atoms with Crippen LogP contribution in [0.15, 0.2) is 23.1 Å². The highest BCUT2D eigenvalue weighted by molar-refractivity contribution is 8.00. The molecule has 2 rings (SSSR count). The molecule has 1 N–H and O–H groups in total. The topological polar surface area (TPSA) is 21.3 Å². The van der Waals surface area contributed by atoms with E-state index in [1.807, 2.05) is 11.8 Å². The van der Waals surface area contributed by atoms with Gasteiger partial charge < -0.3 is 10.1 Å². The van der Waals surface area contributed by atoms with Crippen LogP contribution in [0.25, 0.3) is 0 Å². The minimum Gasteiger partial charge on any atom is -0.497 e. The van der Waals surface area contributed by atoms with E-state index in [1.54, 1.807) is 7.11 Å².